The fourth-order valence-corrected chi connectivity index (χ4v) is 10.2. The van der Waals surface area contributed by atoms with Gasteiger partial charge in [0.05, 0.1) is 6.42 Å². The maximum Gasteiger partial charge on any atom is 0.309 e. The molecule has 6 nitrogen and oxygen atoms in total. The average molecular weight is 1130 g/mol. The van der Waals surface area contributed by atoms with E-state index in [-0.39, 0.29) is 31.6 Å². The molecule has 0 N–H and O–H groups in total. The smallest absolute Gasteiger partial charge is 0.309 e. The Bertz CT molecular complexity index is 1530. The lowest BCUT2D eigenvalue weighted by atomic mass is 10.0. The molecule has 0 bridgehead atoms. The summed E-state index contributed by atoms with van der Waals surface area (Å²) in [5.74, 6) is -1.03. The van der Waals surface area contributed by atoms with Crippen LogP contribution in [0.15, 0.2) is 85.1 Å². The number of hydrogen-bond acceptors (Lipinski definition) is 6. The Morgan fingerprint density at radius 2 is 0.531 bits per heavy atom. The van der Waals surface area contributed by atoms with Gasteiger partial charge in [-0.2, -0.15) is 0 Å². The molecule has 0 saturated carbocycles. The van der Waals surface area contributed by atoms with Gasteiger partial charge in [0.15, 0.2) is 6.10 Å². The molecule has 0 aromatic carbocycles. The van der Waals surface area contributed by atoms with Gasteiger partial charge in [0.2, 0.25) is 0 Å². The van der Waals surface area contributed by atoms with E-state index in [0.29, 0.717) is 12.8 Å². The molecule has 0 saturated heterocycles. The number of rotatable bonds is 64. The van der Waals surface area contributed by atoms with Crippen LogP contribution >= 0.6 is 0 Å². The summed E-state index contributed by atoms with van der Waals surface area (Å²) in [6.07, 6.45) is 92.2. The van der Waals surface area contributed by atoms with Gasteiger partial charge in [-0.1, -0.05) is 343 Å². The Kier molecular flexibility index (Phi) is 66.2. The number of carbonyl (C=O) groups excluding carboxylic acids is 3. The predicted octanol–water partition coefficient (Wildman–Crippen LogP) is 24.2. The normalized spacial score (nSPS) is 12.6. The predicted molar refractivity (Wildman–Crippen MR) is 353 cm³/mol. The third-order valence-corrected chi connectivity index (χ3v) is 15.4. The van der Waals surface area contributed by atoms with Crippen molar-refractivity contribution in [3.63, 3.8) is 0 Å². The lowest BCUT2D eigenvalue weighted by Crippen LogP contribution is -2.30. The largest absolute Gasteiger partial charge is 0.462 e. The lowest BCUT2D eigenvalue weighted by Gasteiger charge is -2.18. The summed E-state index contributed by atoms with van der Waals surface area (Å²) >= 11 is 0. The minimum Gasteiger partial charge on any atom is -0.462 e. The van der Waals surface area contributed by atoms with Crippen molar-refractivity contribution in [1.29, 1.82) is 0 Å². The third kappa shape index (κ3) is 67.3. The number of esters is 3. The van der Waals surface area contributed by atoms with Gasteiger partial charge in [0.25, 0.3) is 0 Å². The first-order valence-electron chi connectivity index (χ1n) is 35.1. The minimum atomic E-state index is -0.821. The number of unbranched alkanes of at least 4 members (excludes halogenated alkanes) is 40. The van der Waals surface area contributed by atoms with Crippen molar-refractivity contribution in [1.82, 2.24) is 0 Å². The summed E-state index contributed by atoms with van der Waals surface area (Å²) in [6, 6.07) is 0. The molecule has 0 rings (SSSR count). The highest BCUT2D eigenvalue weighted by Crippen LogP contribution is 2.18. The average Bonchev–Trinajstić information content (AvgIpc) is 3.47. The van der Waals surface area contributed by atoms with Crippen LogP contribution in [-0.2, 0) is 28.6 Å². The highest BCUT2D eigenvalue weighted by atomic mass is 16.6. The molecule has 6 heteroatoms. The molecule has 0 aliphatic rings. The quantitative estimate of drug-likeness (QED) is 0.0261. The lowest BCUT2D eigenvalue weighted by molar-refractivity contribution is -0.166. The molecule has 1 unspecified atom stereocenters. The van der Waals surface area contributed by atoms with E-state index in [1.54, 1.807) is 6.08 Å². The van der Waals surface area contributed by atoms with E-state index < -0.39 is 12.1 Å². The summed E-state index contributed by atoms with van der Waals surface area (Å²) in [5.41, 5.74) is 0. The van der Waals surface area contributed by atoms with E-state index >= 15 is 0 Å². The SMILES string of the molecule is CC/C=C\C/C=C\C/C=C\C/C=C\C/C=C\CC(=O)OCC(COC(=O)CCCCCCCCCCCCCCCCCCCCCCCCCCCCCCCC)OC(=O)CCCCCCCCC/C=C\C/C=C\CCCCCC. The van der Waals surface area contributed by atoms with Gasteiger partial charge in [-0.3, -0.25) is 14.4 Å². The molecule has 1 atom stereocenters. The summed E-state index contributed by atoms with van der Waals surface area (Å²) in [5, 5.41) is 0. The van der Waals surface area contributed by atoms with Crippen molar-refractivity contribution in [3.05, 3.63) is 85.1 Å². The van der Waals surface area contributed by atoms with Crippen molar-refractivity contribution >= 4 is 17.9 Å². The molecule has 0 aromatic heterocycles. The Morgan fingerprint density at radius 3 is 0.877 bits per heavy atom. The molecule has 0 aromatic rings. The molecular formula is C75H132O6. The van der Waals surface area contributed by atoms with Gasteiger partial charge in [-0.05, 0) is 77.0 Å². The first-order chi connectivity index (χ1) is 40.0. The highest BCUT2D eigenvalue weighted by molar-refractivity contribution is 5.72. The zero-order chi connectivity index (χ0) is 58.5. The standard InChI is InChI=1S/C75H132O6/c1-4-7-10-13-16-19-22-25-28-30-32-33-34-35-36-37-38-39-40-41-42-43-45-47-50-53-56-59-62-65-68-74(77)80-71-72(70-79-73(76)67-64-61-58-55-52-49-46-27-24-21-18-15-12-9-6-3)81-75(78)69-66-63-60-57-54-51-48-44-31-29-26-23-20-17-14-11-8-5-2/h9,12,18,20-21,23,27,29,31,46,52,55,61,64,72H,4-8,10-11,13-17,19,22,24-26,28,30,32-45,47-51,53-54,56-60,62-63,65-71H2,1-3H3/b12-9-,21-18-,23-20-,31-29-,46-27-,55-52-,64-61-. The van der Waals surface area contributed by atoms with E-state index in [9.17, 15) is 14.4 Å². The first kappa shape index (κ1) is 77.6. The molecule has 0 heterocycles. The van der Waals surface area contributed by atoms with Crippen molar-refractivity contribution in [2.24, 2.45) is 0 Å². The summed E-state index contributed by atoms with van der Waals surface area (Å²) in [6.45, 7) is 6.46. The third-order valence-electron chi connectivity index (χ3n) is 15.4. The van der Waals surface area contributed by atoms with E-state index in [2.05, 4.69) is 93.7 Å². The Hall–Kier alpha value is -3.41. The van der Waals surface area contributed by atoms with Crippen molar-refractivity contribution in [2.75, 3.05) is 13.2 Å². The van der Waals surface area contributed by atoms with Crippen molar-refractivity contribution in [2.45, 2.75) is 361 Å². The summed E-state index contributed by atoms with van der Waals surface area (Å²) in [7, 11) is 0. The van der Waals surface area contributed by atoms with E-state index in [1.807, 2.05) is 6.08 Å². The van der Waals surface area contributed by atoms with Crippen LogP contribution in [0, 0.1) is 0 Å². The molecule has 0 fully saturated rings. The maximum atomic E-state index is 12.9. The number of allylic oxidation sites excluding steroid dienone is 13. The summed E-state index contributed by atoms with van der Waals surface area (Å²) < 4.78 is 16.8. The van der Waals surface area contributed by atoms with Crippen molar-refractivity contribution < 1.29 is 28.6 Å². The van der Waals surface area contributed by atoms with Crippen LogP contribution in [0.1, 0.15) is 355 Å². The number of ether oxygens (including phenoxy) is 3. The Labute approximate surface area is 503 Å². The van der Waals surface area contributed by atoms with Crippen LogP contribution in [0.5, 0.6) is 0 Å². The second kappa shape index (κ2) is 69.1. The second-order valence-electron chi connectivity index (χ2n) is 23.4. The molecular weight excluding hydrogens is 997 g/mol. The molecule has 81 heavy (non-hydrogen) atoms. The van der Waals surface area contributed by atoms with Gasteiger partial charge in [-0.25, -0.2) is 0 Å². The number of hydrogen-bond donors (Lipinski definition) is 0. The zero-order valence-corrected chi connectivity index (χ0v) is 53.8. The van der Waals surface area contributed by atoms with E-state index in [1.165, 1.54) is 231 Å². The molecule has 0 aliphatic heterocycles. The van der Waals surface area contributed by atoms with Crippen molar-refractivity contribution in [3.8, 4) is 0 Å². The topological polar surface area (TPSA) is 78.9 Å². The molecule has 0 spiro atoms. The zero-order valence-electron chi connectivity index (χ0n) is 53.8. The highest BCUT2D eigenvalue weighted by Gasteiger charge is 2.19. The van der Waals surface area contributed by atoms with Gasteiger partial charge in [0, 0.05) is 12.8 Å². The fraction of sp³-hybridized carbons (Fsp3) is 0.773. The van der Waals surface area contributed by atoms with E-state index in [0.717, 1.165) is 83.5 Å². The summed E-state index contributed by atoms with van der Waals surface area (Å²) in [4.78, 5) is 38.3. The van der Waals surface area contributed by atoms with Crippen LogP contribution in [0.25, 0.3) is 0 Å². The van der Waals surface area contributed by atoms with Crippen LogP contribution in [0.4, 0.5) is 0 Å². The Morgan fingerprint density at radius 1 is 0.272 bits per heavy atom. The number of carbonyl (C=O) groups is 3. The minimum absolute atomic E-state index is 0.107. The van der Waals surface area contributed by atoms with Gasteiger partial charge in [-0.15, -0.1) is 0 Å². The molecule has 468 valence electrons. The second-order valence-corrected chi connectivity index (χ2v) is 23.4. The first-order valence-corrected chi connectivity index (χ1v) is 35.1. The van der Waals surface area contributed by atoms with Gasteiger partial charge < -0.3 is 14.2 Å². The molecule has 0 aliphatic carbocycles. The Balaban J connectivity index is 4.27. The van der Waals surface area contributed by atoms with E-state index in [4.69, 9.17) is 14.2 Å². The fourth-order valence-electron chi connectivity index (χ4n) is 10.2. The van der Waals surface area contributed by atoms with Crippen LogP contribution in [-0.4, -0.2) is 37.2 Å². The van der Waals surface area contributed by atoms with Gasteiger partial charge >= 0.3 is 17.9 Å². The molecule has 0 radical (unpaired) electrons. The van der Waals surface area contributed by atoms with Gasteiger partial charge in [0.1, 0.15) is 13.2 Å². The van der Waals surface area contributed by atoms with Crippen LogP contribution < -0.4 is 0 Å². The van der Waals surface area contributed by atoms with Crippen LogP contribution in [0.2, 0.25) is 0 Å². The van der Waals surface area contributed by atoms with Crippen LogP contribution in [0.3, 0.4) is 0 Å². The molecule has 0 amide bonds. The monoisotopic (exact) mass is 1130 g/mol. The maximum absolute atomic E-state index is 12.9.